The van der Waals surface area contributed by atoms with E-state index in [1.807, 2.05) is 0 Å². The van der Waals surface area contributed by atoms with Crippen LogP contribution in [0.5, 0.6) is 5.75 Å². The molecular weight excluding hydrogens is 197 g/mol. The van der Waals surface area contributed by atoms with Crippen LogP contribution in [0.2, 0.25) is 0 Å². The molecule has 0 aliphatic carbocycles. The van der Waals surface area contributed by atoms with E-state index < -0.39 is 13.0 Å². The van der Waals surface area contributed by atoms with Crippen molar-refractivity contribution in [1.29, 1.82) is 0 Å². The van der Waals surface area contributed by atoms with E-state index in [1.54, 1.807) is 12.1 Å². The molecule has 14 heavy (non-hydrogen) atoms. The molecule has 0 spiro atoms. The van der Waals surface area contributed by atoms with Gasteiger partial charge in [0.2, 0.25) is 0 Å². The highest BCUT2D eigenvalue weighted by Crippen LogP contribution is 2.19. The minimum atomic E-state index is -4.58. The van der Waals surface area contributed by atoms with Gasteiger partial charge >= 0.3 is 6.36 Å². The Balaban J connectivity index is 2.52. The molecule has 5 heteroatoms. The summed E-state index contributed by atoms with van der Waals surface area (Å²) in [5.41, 5.74) is 0.447. The van der Waals surface area contributed by atoms with Gasteiger partial charge in [0.25, 0.3) is 0 Å². The topological polar surface area (TPSA) is 18.5 Å². The van der Waals surface area contributed by atoms with Gasteiger partial charge in [-0.05, 0) is 17.7 Å². The molecule has 0 aliphatic heterocycles. The van der Waals surface area contributed by atoms with Gasteiger partial charge in [-0.3, -0.25) is 4.74 Å². The number of methoxy groups -OCH3 is 1. The molecule has 0 saturated heterocycles. The maximum atomic E-state index is 11.6. The van der Waals surface area contributed by atoms with Crippen LogP contribution in [0.1, 0.15) is 5.56 Å². The van der Waals surface area contributed by atoms with E-state index in [9.17, 15) is 13.2 Å². The van der Waals surface area contributed by atoms with E-state index in [2.05, 4.69) is 4.74 Å². The summed E-state index contributed by atoms with van der Waals surface area (Å²) in [5.74, 6) is 0.598. The van der Waals surface area contributed by atoms with Gasteiger partial charge in [0.1, 0.15) is 5.75 Å². The lowest BCUT2D eigenvalue weighted by atomic mass is 10.2. The number of hydrogen-bond acceptors (Lipinski definition) is 2. The predicted molar refractivity (Wildman–Crippen MR) is 43.8 cm³/mol. The molecule has 0 radical (unpaired) electrons. The highest BCUT2D eigenvalue weighted by atomic mass is 19.4. The zero-order valence-corrected chi connectivity index (χ0v) is 7.47. The van der Waals surface area contributed by atoms with Crippen LogP contribution in [0.25, 0.3) is 0 Å². The average Bonchev–Trinajstić information content (AvgIpc) is 2.14. The summed E-state index contributed by atoms with van der Waals surface area (Å²) < 4.78 is 43.4. The molecule has 1 aromatic carbocycles. The number of alkyl halides is 3. The van der Waals surface area contributed by atoms with E-state index in [-0.39, 0.29) is 0 Å². The van der Waals surface area contributed by atoms with Crippen molar-refractivity contribution in [2.24, 2.45) is 0 Å². The molecule has 0 unspecified atom stereocenters. The van der Waals surface area contributed by atoms with Gasteiger partial charge in [0.05, 0.1) is 13.7 Å². The maximum Gasteiger partial charge on any atom is 0.522 e. The van der Waals surface area contributed by atoms with E-state index in [4.69, 9.17) is 4.74 Å². The summed E-state index contributed by atoms with van der Waals surface area (Å²) in [4.78, 5) is 0. The Bertz CT molecular complexity index is 279. The van der Waals surface area contributed by atoms with Crippen molar-refractivity contribution in [3.8, 4) is 5.75 Å². The van der Waals surface area contributed by atoms with E-state index in [1.165, 1.54) is 19.2 Å². The molecule has 0 amide bonds. The third kappa shape index (κ3) is 3.66. The minimum absolute atomic E-state index is 0.447. The average molecular weight is 206 g/mol. The molecule has 0 saturated carbocycles. The van der Waals surface area contributed by atoms with Crippen LogP contribution < -0.4 is 4.74 Å². The van der Waals surface area contributed by atoms with Gasteiger partial charge in [0.15, 0.2) is 0 Å². The SMILES string of the molecule is COc1ccc(COC(F)(F)F)cc1. The molecule has 78 valence electrons. The first-order chi connectivity index (χ1) is 6.51. The Kier molecular flexibility index (Phi) is 3.35. The molecule has 0 fully saturated rings. The lowest BCUT2D eigenvalue weighted by molar-refractivity contribution is -0.330. The van der Waals surface area contributed by atoms with Crippen LogP contribution in [0.3, 0.4) is 0 Å². The Labute approximate surface area is 79.2 Å². The van der Waals surface area contributed by atoms with Crippen molar-refractivity contribution < 1.29 is 22.6 Å². The van der Waals surface area contributed by atoms with Crippen molar-refractivity contribution >= 4 is 0 Å². The summed E-state index contributed by atoms with van der Waals surface area (Å²) in [5, 5.41) is 0. The molecular formula is C9H9F3O2. The van der Waals surface area contributed by atoms with E-state index in [0.717, 1.165) is 0 Å². The molecule has 0 aliphatic rings. The molecule has 1 rings (SSSR count). The standard InChI is InChI=1S/C9H9F3O2/c1-13-8-4-2-7(3-5-8)6-14-9(10,11)12/h2-5H,6H2,1H3. The fraction of sp³-hybridized carbons (Fsp3) is 0.333. The van der Waals surface area contributed by atoms with Gasteiger partial charge < -0.3 is 4.74 Å². The molecule has 0 bridgehead atoms. The molecule has 2 nitrogen and oxygen atoms in total. The first kappa shape index (κ1) is 10.8. The quantitative estimate of drug-likeness (QED) is 0.757. The van der Waals surface area contributed by atoms with Crippen LogP contribution in [0.15, 0.2) is 24.3 Å². The fourth-order valence-electron chi connectivity index (χ4n) is 0.887. The van der Waals surface area contributed by atoms with Crippen molar-refractivity contribution in [3.63, 3.8) is 0 Å². The molecule has 1 aromatic rings. The van der Waals surface area contributed by atoms with Crippen LogP contribution >= 0.6 is 0 Å². The lowest BCUT2D eigenvalue weighted by Gasteiger charge is -2.07. The summed E-state index contributed by atoms with van der Waals surface area (Å²) >= 11 is 0. The Morgan fingerprint density at radius 2 is 1.71 bits per heavy atom. The summed E-state index contributed by atoms with van der Waals surface area (Å²) in [6.07, 6.45) is -4.58. The normalized spacial score (nSPS) is 11.4. The zero-order valence-electron chi connectivity index (χ0n) is 7.47. The second-order valence-corrected chi connectivity index (χ2v) is 2.58. The minimum Gasteiger partial charge on any atom is -0.497 e. The largest absolute Gasteiger partial charge is 0.522 e. The van der Waals surface area contributed by atoms with Gasteiger partial charge in [-0.2, -0.15) is 0 Å². The smallest absolute Gasteiger partial charge is 0.497 e. The number of halogens is 3. The number of hydrogen-bond donors (Lipinski definition) is 0. The molecule has 0 N–H and O–H groups in total. The van der Waals surface area contributed by atoms with Gasteiger partial charge in [-0.25, -0.2) is 0 Å². The number of benzene rings is 1. The van der Waals surface area contributed by atoms with Crippen LogP contribution in [0, 0.1) is 0 Å². The summed E-state index contributed by atoms with van der Waals surface area (Å²) in [6.45, 7) is -0.479. The molecule has 0 heterocycles. The van der Waals surface area contributed by atoms with Crippen molar-refractivity contribution in [2.45, 2.75) is 13.0 Å². The lowest BCUT2D eigenvalue weighted by Crippen LogP contribution is -2.12. The fourth-order valence-corrected chi connectivity index (χ4v) is 0.887. The zero-order chi connectivity index (χ0) is 10.6. The second kappa shape index (κ2) is 4.32. The maximum absolute atomic E-state index is 11.6. The Hall–Kier alpha value is -1.23. The van der Waals surface area contributed by atoms with Gasteiger partial charge in [-0.15, -0.1) is 13.2 Å². The monoisotopic (exact) mass is 206 g/mol. The summed E-state index contributed by atoms with van der Waals surface area (Å²) in [6, 6.07) is 6.19. The van der Waals surface area contributed by atoms with Gasteiger partial charge in [-0.1, -0.05) is 12.1 Å². The highest BCUT2D eigenvalue weighted by Gasteiger charge is 2.28. The van der Waals surface area contributed by atoms with E-state index >= 15 is 0 Å². The van der Waals surface area contributed by atoms with Crippen molar-refractivity contribution in [2.75, 3.05) is 7.11 Å². The summed E-state index contributed by atoms with van der Waals surface area (Å²) in [7, 11) is 1.49. The number of ether oxygens (including phenoxy) is 2. The first-order valence-corrected chi connectivity index (χ1v) is 3.85. The highest BCUT2D eigenvalue weighted by molar-refractivity contribution is 5.26. The third-order valence-corrected chi connectivity index (χ3v) is 1.56. The van der Waals surface area contributed by atoms with Crippen LogP contribution in [-0.4, -0.2) is 13.5 Å². The van der Waals surface area contributed by atoms with Crippen molar-refractivity contribution in [1.82, 2.24) is 0 Å². The Morgan fingerprint density at radius 1 is 1.14 bits per heavy atom. The third-order valence-electron chi connectivity index (χ3n) is 1.56. The van der Waals surface area contributed by atoms with Gasteiger partial charge in [0, 0.05) is 0 Å². The number of rotatable bonds is 3. The molecule has 0 aromatic heterocycles. The predicted octanol–water partition coefficient (Wildman–Crippen LogP) is 2.73. The van der Waals surface area contributed by atoms with Crippen LogP contribution in [0.4, 0.5) is 13.2 Å². The first-order valence-electron chi connectivity index (χ1n) is 3.85. The molecule has 0 atom stereocenters. The second-order valence-electron chi connectivity index (χ2n) is 2.58. The van der Waals surface area contributed by atoms with Crippen LogP contribution in [-0.2, 0) is 11.3 Å². The van der Waals surface area contributed by atoms with E-state index in [0.29, 0.717) is 11.3 Å². The Morgan fingerprint density at radius 3 is 2.14 bits per heavy atom. The van der Waals surface area contributed by atoms with Crippen molar-refractivity contribution in [3.05, 3.63) is 29.8 Å².